The van der Waals surface area contributed by atoms with Crippen molar-refractivity contribution in [3.8, 4) is 0 Å². The van der Waals surface area contributed by atoms with E-state index >= 15 is 0 Å². The maximum atomic E-state index is 13.2. The largest absolute Gasteiger partial charge is 0.416 e. The number of piperazine rings is 1. The van der Waals surface area contributed by atoms with Gasteiger partial charge in [-0.05, 0) is 55.9 Å². The normalized spacial score (nSPS) is 23.9. The number of benzene rings is 2. The molecule has 10 heteroatoms. The minimum absolute atomic E-state index is 0.0240. The number of aromatic nitrogens is 1. The van der Waals surface area contributed by atoms with Crippen molar-refractivity contribution in [2.24, 2.45) is 5.41 Å². The van der Waals surface area contributed by atoms with Gasteiger partial charge in [-0.25, -0.2) is 9.78 Å². The lowest BCUT2D eigenvalue weighted by Gasteiger charge is -2.59. The van der Waals surface area contributed by atoms with Gasteiger partial charge in [-0.15, -0.1) is 0 Å². The Hall–Kier alpha value is -2.85. The number of halogens is 3. The fourth-order valence-corrected chi connectivity index (χ4v) is 7.58. The Balaban J connectivity index is 1.02. The number of nitrogens with one attached hydrogen (secondary N) is 1. The Bertz CT molecular complexity index is 1300. The van der Waals surface area contributed by atoms with Crippen LogP contribution in [0.2, 0.25) is 0 Å². The van der Waals surface area contributed by atoms with E-state index in [1.807, 2.05) is 24.8 Å². The number of anilines is 1. The summed E-state index contributed by atoms with van der Waals surface area (Å²) in [4.78, 5) is 24.3. The molecular formula is C28H32F3N5OS. The second-order valence-electron chi connectivity index (χ2n) is 11.4. The molecule has 2 saturated heterocycles. The summed E-state index contributed by atoms with van der Waals surface area (Å²) in [5, 5.41) is 3.96. The number of hydrogen-bond acceptors (Lipinski definition) is 5. The Morgan fingerprint density at radius 3 is 2.42 bits per heavy atom. The molecule has 0 unspecified atom stereocenters. The number of nitrogens with zero attached hydrogens (tertiary/aromatic N) is 4. The van der Waals surface area contributed by atoms with E-state index in [-0.39, 0.29) is 24.2 Å². The molecule has 1 spiro atoms. The topological polar surface area (TPSA) is 51.7 Å². The van der Waals surface area contributed by atoms with Crippen LogP contribution in [0.25, 0.3) is 10.2 Å². The van der Waals surface area contributed by atoms with Crippen molar-refractivity contribution in [2.75, 3.05) is 31.1 Å². The maximum absolute atomic E-state index is 13.2. The van der Waals surface area contributed by atoms with Crippen molar-refractivity contribution >= 4 is 32.7 Å². The number of alkyl halides is 3. The number of rotatable bonds is 4. The van der Waals surface area contributed by atoms with Crippen LogP contribution in [0.4, 0.5) is 23.1 Å². The van der Waals surface area contributed by atoms with Crippen LogP contribution in [0, 0.1) is 5.41 Å². The van der Waals surface area contributed by atoms with Gasteiger partial charge in [-0.1, -0.05) is 41.7 Å². The van der Waals surface area contributed by atoms with Gasteiger partial charge in [0.15, 0.2) is 5.13 Å². The van der Waals surface area contributed by atoms with Crippen molar-refractivity contribution < 1.29 is 18.0 Å². The Kier molecular flexibility index (Phi) is 6.30. The zero-order valence-electron chi connectivity index (χ0n) is 21.5. The minimum Gasteiger partial charge on any atom is -0.344 e. The third-order valence-electron chi connectivity index (χ3n) is 8.18. The molecule has 1 aromatic heterocycles. The summed E-state index contributed by atoms with van der Waals surface area (Å²) in [5.74, 6) is 0. The molecule has 38 heavy (non-hydrogen) atoms. The standard InChI is InChI=1S/C28H32F3N5OS/c1-18-13-35(26-33-23-9-8-21(28(29,30)31)10-24(23)38-26)14-19(2)36(18)25(37)32-22-11-27(12-22)16-34(17-27)15-20-6-4-3-5-7-20/h3-10,18-19,22H,11-17H2,1-2H3,(H,32,37)/t18-,19-/m1/s1. The number of likely N-dealkylation sites (tertiary alicyclic amines) is 1. The molecule has 3 fully saturated rings. The molecule has 3 aromatic rings. The molecule has 2 aliphatic heterocycles. The first-order chi connectivity index (χ1) is 18.1. The number of carbonyl (C=O) groups is 1. The first-order valence-electron chi connectivity index (χ1n) is 13.2. The summed E-state index contributed by atoms with van der Waals surface area (Å²) in [6.07, 6.45) is -2.32. The van der Waals surface area contributed by atoms with Crippen LogP contribution in [0.3, 0.4) is 0 Å². The molecule has 2 amide bonds. The van der Waals surface area contributed by atoms with E-state index in [0.717, 1.165) is 38.5 Å². The molecule has 6 nitrogen and oxygen atoms in total. The monoisotopic (exact) mass is 543 g/mol. The molecule has 0 radical (unpaired) electrons. The first-order valence-corrected chi connectivity index (χ1v) is 14.0. The van der Waals surface area contributed by atoms with Gasteiger partial charge in [0.05, 0.1) is 15.8 Å². The highest BCUT2D eigenvalue weighted by Gasteiger charge is 2.52. The lowest BCUT2D eigenvalue weighted by molar-refractivity contribution is -0.137. The van der Waals surface area contributed by atoms with Crippen LogP contribution in [-0.2, 0) is 12.7 Å². The predicted octanol–water partition coefficient (Wildman–Crippen LogP) is 5.59. The van der Waals surface area contributed by atoms with E-state index in [4.69, 9.17) is 0 Å². The van der Waals surface area contributed by atoms with Gasteiger partial charge < -0.3 is 15.1 Å². The van der Waals surface area contributed by atoms with Crippen molar-refractivity contribution in [1.82, 2.24) is 20.1 Å². The lowest BCUT2D eigenvalue weighted by Crippen LogP contribution is -2.68. The quantitative estimate of drug-likeness (QED) is 0.466. The smallest absolute Gasteiger partial charge is 0.344 e. The van der Waals surface area contributed by atoms with E-state index < -0.39 is 11.7 Å². The van der Waals surface area contributed by atoms with Gasteiger partial charge in [-0.3, -0.25) is 4.90 Å². The molecule has 3 aliphatic rings. The van der Waals surface area contributed by atoms with E-state index in [9.17, 15) is 18.0 Å². The molecular weight excluding hydrogens is 511 g/mol. The van der Waals surface area contributed by atoms with Crippen LogP contribution < -0.4 is 10.2 Å². The molecule has 202 valence electrons. The van der Waals surface area contributed by atoms with E-state index in [0.29, 0.717) is 33.9 Å². The second-order valence-corrected chi connectivity index (χ2v) is 12.4. The number of amides is 2. The summed E-state index contributed by atoms with van der Waals surface area (Å²) < 4.78 is 39.9. The van der Waals surface area contributed by atoms with Gasteiger partial charge in [0.2, 0.25) is 0 Å². The molecule has 1 saturated carbocycles. The highest BCUT2D eigenvalue weighted by atomic mass is 32.1. The highest BCUT2D eigenvalue weighted by Crippen LogP contribution is 2.49. The fraction of sp³-hybridized carbons (Fsp3) is 0.500. The van der Waals surface area contributed by atoms with Gasteiger partial charge in [0.25, 0.3) is 0 Å². The number of hydrogen-bond donors (Lipinski definition) is 1. The Morgan fingerprint density at radius 1 is 1.08 bits per heavy atom. The Morgan fingerprint density at radius 2 is 1.76 bits per heavy atom. The summed E-state index contributed by atoms with van der Waals surface area (Å²) in [6, 6.07) is 14.3. The molecule has 3 heterocycles. The Labute approximate surface area is 224 Å². The predicted molar refractivity (Wildman–Crippen MR) is 143 cm³/mol. The van der Waals surface area contributed by atoms with Crippen molar-refractivity contribution in [1.29, 1.82) is 0 Å². The van der Waals surface area contributed by atoms with Crippen molar-refractivity contribution in [3.63, 3.8) is 0 Å². The van der Waals surface area contributed by atoms with E-state index in [1.165, 1.54) is 29.0 Å². The van der Waals surface area contributed by atoms with E-state index in [2.05, 4.69) is 44.4 Å². The maximum Gasteiger partial charge on any atom is 0.416 e. The summed E-state index contributed by atoms with van der Waals surface area (Å²) >= 11 is 1.27. The summed E-state index contributed by atoms with van der Waals surface area (Å²) in [7, 11) is 0. The highest BCUT2D eigenvalue weighted by molar-refractivity contribution is 7.22. The third kappa shape index (κ3) is 4.84. The fourth-order valence-electron chi connectivity index (χ4n) is 6.55. The van der Waals surface area contributed by atoms with Gasteiger partial charge >= 0.3 is 12.2 Å². The summed E-state index contributed by atoms with van der Waals surface area (Å²) in [5.41, 5.74) is 1.59. The van der Waals surface area contributed by atoms with Crippen LogP contribution >= 0.6 is 11.3 Å². The number of fused-ring (bicyclic) bond motifs is 1. The molecule has 1 N–H and O–H groups in total. The first kappa shape index (κ1) is 25.4. The average molecular weight is 544 g/mol. The molecule has 2 atom stereocenters. The molecule has 6 rings (SSSR count). The van der Waals surface area contributed by atoms with Crippen molar-refractivity contribution in [3.05, 3.63) is 59.7 Å². The zero-order chi connectivity index (χ0) is 26.7. The minimum atomic E-state index is -4.37. The van der Waals surface area contributed by atoms with Crippen LogP contribution in [0.1, 0.15) is 37.8 Å². The van der Waals surface area contributed by atoms with Crippen LogP contribution in [0.15, 0.2) is 48.5 Å². The molecule has 2 aromatic carbocycles. The average Bonchev–Trinajstić information content (AvgIpc) is 3.24. The molecule has 1 aliphatic carbocycles. The van der Waals surface area contributed by atoms with Gasteiger partial charge in [0.1, 0.15) is 0 Å². The lowest BCUT2D eigenvalue weighted by atomic mass is 9.60. The van der Waals surface area contributed by atoms with Crippen molar-refractivity contribution in [2.45, 2.75) is 57.5 Å². The van der Waals surface area contributed by atoms with Crippen LogP contribution in [0.5, 0.6) is 0 Å². The molecule has 0 bridgehead atoms. The van der Waals surface area contributed by atoms with E-state index in [1.54, 1.807) is 0 Å². The number of thiazole rings is 1. The zero-order valence-corrected chi connectivity index (χ0v) is 22.4. The number of carbonyl (C=O) groups excluding carboxylic acids is 1. The SMILES string of the molecule is C[C@@H]1CN(c2nc3ccc(C(F)(F)F)cc3s2)C[C@@H](C)N1C(=O)NC1CC2(C1)CN(Cc1ccccc1)C2. The second kappa shape index (κ2) is 9.41. The third-order valence-corrected chi connectivity index (χ3v) is 9.26. The van der Waals surface area contributed by atoms with Crippen LogP contribution in [-0.4, -0.2) is 65.1 Å². The van der Waals surface area contributed by atoms with Gasteiger partial charge in [0, 0.05) is 50.8 Å². The number of urea groups is 1. The van der Waals surface area contributed by atoms with Gasteiger partial charge in [-0.2, -0.15) is 13.2 Å². The summed E-state index contributed by atoms with van der Waals surface area (Å²) in [6.45, 7) is 8.38.